The van der Waals surface area contributed by atoms with Gasteiger partial charge in [0.1, 0.15) is 5.92 Å². The lowest BCUT2D eigenvalue weighted by molar-refractivity contribution is -0.118. The number of carbonyl (C=O) groups excluding carboxylic acids is 1. The zero-order chi connectivity index (χ0) is 14.4. The number of carbonyl (C=O) groups is 1. The van der Waals surface area contributed by atoms with Gasteiger partial charge < -0.3 is 5.32 Å². The summed E-state index contributed by atoms with van der Waals surface area (Å²) in [7, 11) is 0. The predicted molar refractivity (Wildman–Crippen MR) is 79.1 cm³/mol. The second-order valence-corrected chi connectivity index (χ2v) is 4.73. The molecule has 0 fully saturated rings. The van der Waals surface area contributed by atoms with Crippen LogP contribution >= 0.6 is 0 Å². The summed E-state index contributed by atoms with van der Waals surface area (Å²) in [6, 6.07) is 19.2. The fourth-order valence-electron chi connectivity index (χ4n) is 2.00. The number of rotatable bonds is 4. The van der Waals surface area contributed by atoms with E-state index in [0.29, 0.717) is 6.42 Å². The molecule has 0 heterocycles. The smallest absolute Gasteiger partial charge is 0.242 e. The molecule has 2 rings (SSSR count). The normalized spacial score (nSPS) is 11.4. The van der Waals surface area contributed by atoms with Crippen LogP contribution in [0.15, 0.2) is 54.6 Å². The van der Waals surface area contributed by atoms with Gasteiger partial charge in [-0.15, -0.1) is 0 Å². The molecule has 2 aromatic carbocycles. The monoisotopic (exact) mass is 264 g/mol. The van der Waals surface area contributed by atoms with Crippen LogP contribution in [-0.4, -0.2) is 5.91 Å². The standard InChI is InChI=1S/C17H16N2O/c1-13-6-5-9-16(10-13)19-17(20)15(12-18)11-14-7-3-2-4-8-14/h2-10,15H,11H2,1H3,(H,19,20). The van der Waals surface area contributed by atoms with Gasteiger partial charge in [-0.2, -0.15) is 5.26 Å². The summed E-state index contributed by atoms with van der Waals surface area (Å²) in [6.07, 6.45) is 0.426. The fourth-order valence-corrected chi connectivity index (χ4v) is 2.00. The molecule has 0 bridgehead atoms. The summed E-state index contributed by atoms with van der Waals surface area (Å²) in [5, 5.41) is 12.0. The van der Waals surface area contributed by atoms with Crippen molar-refractivity contribution in [1.29, 1.82) is 5.26 Å². The third-order valence-electron chi connectivity index (χ3n) is 3.04. The Bertz CT molecular complexity index is 629. The summed E-state index contributed by atoms with van der Waals surface area (Å²) in [6.45, 7) is 1.96. The Morgan fingerprint density at radius 1 is 1.20 bits per heavy atom. The number of benzene rings is 2. The van der Waals surface area contributed by atoms with Crippen LogP contribution in [-0.2, 0) is 11.2 Å². The van der Waals surface area contributed by atoms with Crippen LogP contribution in [0.1, 0.15) is 11.1 Å². The van der Waals surface area contributed by atoms with E-state index in [0.717, 1.165) is 16.8 Å². The Morgan fingerprint density at radius 2 is 1.95 bits per heavy atom. The lowest BCUT2D eigenvalue weighted by Crippen LogP contribution is -2.23. The van der Waals surface area contributed by atoms with Crippen LogP contribution < -0.4 is 5.32 Å². The first-order chi connectivity index (χ1) is 9.69. The number of amides is 1. The van der Waals surface area contributed by atoms with Gasteiger partial charge in [0.05, 0.1) is 6.07 Å². The largest absolute Gasteiger partial charge is 0.325 e. The van der Waals surface area contributed by atoms with Gasteiger partial charge in [0.2, 0.25) is 5.91 Å². The van der Waals surface area contributed by atoms with Crippen LogP contribution in [0.5, 0.6) is 0 Å². The average molecular weight is 264 g/mol. The van der Waals surface area contributed by atoms with Gasteiger partial charge >= 0.3 is 0 Å². The number of nitriles is 1. The van der Waals surface area contributed by atoms with E-state index in [1.54, 1.807) is 0 Å². The highest BCUT2D eigenvalue weighted by Gasteiger charge is 2.18. The van der Waals surface area contributed by atoms with E-state index in [2.05, 4.69) is 11.4 Å². The highest BCUT2D eigenvalue weighted by molar-refractivity contribution is 5.94. The zero-order valence-corrected chi connectivity index (χ0v) is 11.3. The van der Waals surface area contributed by atoms with Crippen LogP contribution in [0, 0.1) is 24.2 Å². The molecule has 3 heteroatoms. The molecular weight excluding hydrogens is 248 g/mol. The predicted octanol–water partition coefficient (Wildman–Crippen LogP) is 3.32. The van der Waals surface area contributed by atoms with Crippen molar-refractivity contribution >= 4 is 11.6 Å². The van der Waals surface area contributed by atoms with E-state index in [9.17, 15) is 10.1 Å². The molecule has 1 atom stereocenters. The minimum atomic E-state index is -0.682. The molecule has 1 unspecified atom stereocenters. The van der Waals surface area contributed by atoms with Crippen molar-refractivity contribution in [2.75, 3.05) is 5.32 Å². The van der Waals surface area contributed by atoms with Gasteiger partial charge in [-0.05, 0) is 36.6 Å². The summed E-state index contributed by atoms with van der Waals surface area (Å²) in [5.74, 6) is -0.945. The highest BCUT2D eigenvalue weighted by atomic mass is 16.1. The summed E-state index contributed by atoms with van der Waals surface area (Å²) < 4.78 is 0. The van der Waals surface area contributed by atoms with Crippen molar-refractivity contribution in [1.82, 2.24) is 0 Å². The van der Waals surface area contributed by atoms with Crippen molar-refractivity contribution < 1.29 is 4.79 Å². The molecule has 0 saturated carbocycles. The van der Waals surface area contributed by atoms with E-state index < -0.39 is 5.92 Å². The lowest BCUT2D eigenvalue weighted by atomic mass is 10.00. The molecule has 0 spiro atoms. The molecule has 100 valence electrons. The van der Waals surface area contributed by atoms with Crippen molar-refractivity contribution in [3.05, 3.63) is 65.7 Å². The number of nitrogens with zero attached hydrogens (tertiary/aromatic N) is 1. The Kier molecular flexibility index (Phi) is 4.52. The van der Waals surface area contributed by atoms with Crippen molar-refractivity contribution in [3.63, 3.8) is 0 Å². The van der Waals surface area contributed by atoms with Crippen molar-refractivity contribution in [2.45, 2.75) is 13.3 Å². The fraction of sp³-hybridized carbons (Fsp3) is 0.176. The zero-order valence-electron chi connectivity index (χ0n) is 11.3. The van der Waals surface area contributed by atoms with Crippen LogP contribution in [0.4, 0.5) is 5.69 Å². The second-order valence-electron chi connectivity index (χ2n) is 4.73. The molecule has 0 aliphatic carbocycles. The quantitative estimate of drug-likeness (QED) is 0.921. The van der Waals surface area contributed by atoms with E-state index in [-0.39, 0.29) is 5.91 Å². The summed E-state index contributed by atoms with van der Waals surface area (Å²) in [5.41, 5.74) is 2.78. The molecule has 1 N–H and O–H groups in total. The maximum absolute atomic E-state index is 12.1. The molecule has 0 aromatic heterocycles. The number of anilines is 1. The number of nitrogens with one attached hydrogen (secondary N) is 1. The van der Waals surface area contributed by atoms with Gasteiger partial charge in [0, 0.05) is 5.69 Å². The van der Waals surface area contributed by atoms with Crippen LogP contribution in [0.3, 0.4) is 0 Å². The third kappa shape index (κ3) is 3.69. The van der Waals surface area contributed by atoms with Gasteiger partial charge in [-0.25, -0.2) is 0 Å². The minimum Gasteiger partial charge on any atom is -0.325 e. The average Bonchev–Trinajstić information content (AvgIpc) is 2.45. The summed E-state index contributed by atoms with van der Waals surface area (Å²) >= 11 is 0. The first-order valence-electron chi connectivity index (χ1n) is 6.50. The second kappa shape index (κ2) is 6.53. The third-order valence-corrected chi connectivity index (χ3v) is 3.04. The molecule has 3 nitrogen and oxygen atoms in total. The SMILES string of the molecule is Cc1cccc(NC(=O)C(C#N)Cc2ccccc2)c1. The number of hydrogen-bond donors (Lipinski definition) is 1. The first kappa shape index (κ1) is 13.8. The topological polar surface area (TPSA) is 52.9 Å². The van der Waals surface area contributed by atoms with E-state index in [4.69, 9.17) is 0 Å². The Hall–Kier alpha value is -2.60. The number of hydrogen-bond acceptors (Lipinski definition) is 2. The first-order valence-corrected chi connectivity index (χ1v) is 6.50. The highest BCUT2D eigenvalue weighted by Crippen LogP contribution is 2.13. The molecular formula is C17H16N2O. The van der Waals surface area contributed by atoms with Crippen LogP contribution in [0.25, 0.3) is 0 Å². The lowest BCUT2D eigenvalue weighted by Gasteiger charge is -2.10. The molecule has 0 saturated heterocycles. The molecule has 20 heavy (non-hydrogen) atoms. The van der Waals surface area contributed by atoms with Gasteiger partial charge in [0.15, 0.2) is 0 Å². The summed E-state index contributed by atoms with van der Waals surface area (Å²) in [4.78, 5) is 12.1. The van der Waals surface area contributed by atoms with E-state index in [1.807, 2.05) is 61.5 Å². The van der Waals surface area contributed by atoms with Crippen molar-refractivity contribution in [2.24, 2.45) is 5.92 Å². The van der Waals surface area contributed by atoms with Crippen molar-refractivity contribution in [3.8, 4) is 6.07 Å². The van der Waals surface area contributed by atoms with Gasteiger partial charge in [-0.3, -0.25) is 4.79 Å². The van der Waals surface area contributed by atoms with Gasteiger partial charge in [-0.1, -0.05) is 42.5 Å². The number of aryl methyl sites for hydroxylation is 1. The molecule has 0 aliphatic heterocycles. The molecule has 0 radical (unpaired) electrons. The molecule has 2 aromatic rings. The van der Waals surface area contributed by atoms with Crippen LogP contribution in [0.2, 0.25) is 0 Å². The Labute approximate surface area is 118 Å². The van der Waals surface area contributed by atoms with E-state index in [1.165, 1.54) is 0 Å². The Morgan fingerprint density at radius 3 is 2.60 bits per heavy atom. The molecule has 0 aliphatic rings. The maximum atomic E-state index is 12.1. The van der Waals surface area contributed by atoms with Gasteiger partial charge in [0.25, 0.3) is 0 Å². The minimum absolute atomic E-state index is 0.262. The maximum Gasteiger partial charge on any atom is 0.242 e. The molecule has 1 amide bonds. The Balaban J connectivity index is 2.05. The van der Waals surface area contributed by atoms with E-state index >= 15 is 0 Å².